The maximum Gasteiger partial charge on any atom is 0.416 e. The minimum atomic E-state index is -0.478. The molecule has 0 bridgehead atoms. The molecule has 1 aromatic rings. The Labute approximate surface area is 75.6 Å². The molecule has 0 aliphatic heterocycles. The monoisotopic (exact) mass is 182 g/mol. The SMILES string of the molecule is CCOC(=O)N(C)c1ncncn1. The zero-order valence-electron chi connectivity index (χ0n) is 7.47. The van der Waals surface area contributed by atoms with E-state index < -0.39 is 6.09 Å². The standard InChI is InChI=1S/C7H10N4O2/c1-3-13-7(12)11(2)6-9-4-8-5-10-6/h4-5H,3H2,1-2H3. The number of anilines is 1. The number of rotatable bonds is 2. The van der Waals surface area contributed by atoms with Gasteiger partial charge in [-0.25, -0.2) is 24.6 Å². The van der Waals surface area contributed by atoms with E-state index in [4.69, 9.17) is 4.74 Å². The molecule has 0 N–H and O–H groups in total. The topological polar surface area (TPSA) is 68.2 Å². The Hall–Kier alpha value is -1.72. The van der Waals surface area contributed by atoms with E-state index >= 15 is 0 Å². The summed E-state index contributed by atoms with van der Waals surface area (Å²) in [5.74, 6) is 0.272. The molecule has 0 aliphatic carbocycles. The number of hydrogen-bond acceptors (Lipinski definition) is 5. The molecule has 0 saturated carbocycles. The second-order valence-corrected chi connectivity index (χ2v) is 2.20. The van der Waals surface area contributed by atoms with Crippen LogP contribution in [0, 0.1) is 0 Å². The fourth-order valence-corrected chi connectivity index (χ4v) is 0.708. The summed E-state index contributed by atoms with van der Waals surface area (Å²) in [4.78, 5) is 23.6. The molecule has 6 nitrogen and oxygen atoms in total. The Bertz CT molecular complexity index is 277. The summed E-state index contributed by atoms with van der Waals surface area (Å²) in [7, 11) is 1.54. The van der Waals surface area contributed by atoms with E-state index in [0.717, 1.165) is 0 Å². The predicted molar refractivity (Wildman–Crippen MR) is 45.3 cm³/mol. The Morgan fingerprint density at radius 1 is 1.54 bits per heavy atom. The van der Waals surface area contributed by atoms with Crippen molar-refractivity contribution in [3.05, 3.63) is 12.7 Å². The first-order valence-electron chi connectivity index (χ1n) is 3.78. The predicted octanol–water partition coefficient (Wildman–Crippen LogP) is 0.464. The van der Waals surface area contributed by atoms with Gasteiger partial charge in [-0.15, -0.1) is 0 Å². The van der Waals surface area contributed by atoms with Gasteiger partial charge in [0.1, 0.15) is 12.7 Å². The maximum atomic E-state index is 11.1. The first-order chi connectivity index (χ1) is 6.25. The van der Waals surface area contributed by atoms with Gasteiger partial charge in [-0.3, -0.25) is 0 Å². The van der Waals surface area contributed by atoms with Crippen LogP contribution in [0.2, 0.25) is 0 Å². The van der Waals surface area contributed by atoms with Gasteiger partial charge in [0, 0.05) is 7.05 Å². The van der Waals surface area contributed by atoms with Gasteiger partial charge in [0.15, 0.2) is 0 Å². The Morgan fingerprint density at radius 2 is 2.15 bits per heavy atom. The fraction of sp³-hybridized carbons (Fsp3) is 0.429. The van der Waals surface area contributed by atoms with Crippen molar-refractivity contribution in [1.29, 1.82) is 0 Å². The van der Waals surface area contributed by atoms with Gasteiger partial charge >= 0.3 is 6.09 Å². The Kier molecular flexibility index (Phi) is 3.13. The van der Waals surface area contributed by atoms with Crippen LogP contribution < -0.4 is 4.90 Å². The fourth-order valence-electron chi connectivity index (χ4n) is 0.708. The molecule has 1 rings (SSSR count). The molecular formula is C7H10N4O2. The molecule has 0 saturated heterocycles. The van der Waals surface area contributed by atoms with Crippen molar-refractivity contribution in [2.75, 3.05) is 18.6 Å². The van der Waals surface area contributed by atoms with Gasteiger partial charge in [0.05, 0.1) is 6.61 Å². The molecule has 6 heteroatoms. The molecule has 70 valence electrons. The molecule has 1 heterocycles. The summed E-state index contributed by atoms with van der Waals surface area (Å²) in [5, 5.41) is 0. The number of nitrogens with zero attached hydrogens (tertiary/aromatic N) is 4. The number of carbonyl (C=O) groups is 1. The lowest BCUT2D eigenvalue weighted by molar-refractivity contribution is 0.161. The first kappa shape index (κ1) is 9.37. The van der Waals surface area contributed by atoms with Crippen LogP contribution in [0.3, 0.4) is 0 Å². The van der Waals surface area contributed by atoms with Crippen molar-refractivity contribution >= 4 is 12.0 Å². The third kappa shape index (κ3) is 2.36. The molecule has 0 aromatic carbocycles. The molecule has 0 aliphatic rings. The van der Waals surface area contributed by atoms with E-state index in [1.54, 1.807) is 6.92 Å². The molecule has 0 radical (unpaired) electrons. The summed E-state index contributed by atoms with van der Waals surface area (Å²) in [6, 6.07) is 0. The zero-order chi connectivity index (χ0) is 9.68. The largest absolute Gasteiger partial charge is 0.449 e. The van der Waals surface area contributed by atoms with Crippen molar-refractivity contribution in [1.82, 2.24) is 15.0 Å². The van der Waals surface area contributed by atoms with Gasteiger partial charge in [0.2, 0.25) is 5.95 Å². The number of carbonyl (C=O) groups excluding carboxylic acids is 1. The lowest BCUT2D eigenvalue weighted by Gasteiger charge is -2.12. The van der Waals surface area contributed by atoms with Gasteiger partial charge in [0.25, 0.3) is 0 Å². The molecular weight excluding hydrogens is 172 g/mol. The highest BCUT2D eigenvalue weighted by Gasteiger charge is 2.12. The summed E-state index contributed by atoms with van der Waals surface area (Å²) in [5.41, 5.74) is 0. The number of amides is 1. The zero-order valence-corrected chi connectivity index (χ0v) is 7.47. The summed E-state index contributed by atoms with van der Waals surface area (Å²) in [6.07, 6.45) is 2.16. The van der Waals surface area contributed by atoms with Crippen LogP contribution in [0.1, 0.15) is 6.92 Å². The van der Waals surface area contributed by atoms with Crippen LogP contribution in [-0.4, -0.2) is 34.7 Å². The second kappa shape index (κ2) is 4.34. The van der Waals surface area contributed by atoms with E-state index in [2.05, 4.69) is 15.0 Å². The highest BCUT2D eigenvalue weighted by Crippen LogP contribution is 2.02. The average Bonchev–Trinajstić information content (AvgIpc) is 2.18. The highest BCUT2D eigenvalue weighted by molar-refractivity contribution is 5.84. The summed E-state index contributed by atoms with van der Waals surface area (Å²) in [6.45, 7) is 2.06. The Morgan fingerprint density at radius 3 is 2.69 bits per heavy atom. The summed E-state index contributed by atoms with van der Waals surface area (Å²) >= 11 is 0. The van der Waals surface area contributed by atoms with Crippen molar-refractivity contribution in [2.45, 2.75) is 6.92 Å². The van der Waals surface area contributed by atoms with Gasteiger partial charge in [-0.1, -0.05) is 0 Å². The van der Waals surface area contributed by atoms with Gasteiger partial charge < -0.3 is 4.74 Å². The number of aromatic nitrogens is 3. The lowest BCUT2D eigenvalue weighted by atomic mass is 10.7. The smallest absolute Gasteiger partial charge is 0.416 e. The van der Waals surface area contributed by atoms with Crippen LogP contribution in [-0.2, 0) is 4.74 Å². The van der Waals surface area contributed by atoms with E-state index in [1.807, 2.05) is 0 Å². The molecule has 0 fully saturated rings. The Balaban J connectivity index is 2.68. The van der Waals surface area contributed by atoms with E-state index in [0.29, 0.717) is 6.61 Å². The number of ether oxygens (including phenoxy) is 1. The van der Waals surface area contributed by atoms with E-state index in [9.17, 15) is 4.79 Å². The van der Waals surface area contributed by atoms with E-state index in [1.165, 1.54) is 24.6 Å². The minimum absolute atomic E-state index is 0.272. The lowest BCUT2D eigenvalue weighted by Crippen LogP contribution is -2.28. The molecule has 0 unspecified atom stereocenters. The van der Waals surface area contributed by atoms with Crippen LogP contribution in [0.5, 0.6) is 0 Å². The third-order valence-electron chi connectivity index (χ3n) is 1.32. The normalized spacial score (nSPS) is 9.38. The van der Waals surface area contributed by atoms with Crippen LogP contribution in [0.25, 0.3) is 0 Å². The highest BCUT2D eigenvalue weighted by atomic mass is 16.6. The van der Waals surface area contributed by atoms with Crippen LogP contribution >= 0.6 is 0 Å². The third-order valence-corrected chi connectivity index (χ3v) is 1.32. The van der Waals surface area contributed by atoms with Gasteiger partial charge in [-0.05, 0) is 6.92 Å². The van der Waals surface area contributed by atoms with Crippen LogP contribution in [0.15, 0.2) is 12.7 Å². The van der Waals surface area contributed by atoms with Crippen LogP contribution in [0.4, 0.5) is 10.7 Å². The average molecular weight is 182 g/mol. The molecule has 13 heavy (non-hydrogen) atoms. The quantitative estimate of drug-likeness (QED) is 0.664. The minimum Gasteiger partial charge on any atom is -0.449 e. The van der Waals surface area contributed by atoms with Crippen molar-refractivity contribution in [2.24, 2.45) is 0 Å². The molecule has 1 amide bonds. The summed E-state index contributed by atoms with van der Waals surface area (Å²) < 4.78 is 4.74. The molecule has 1 aromatic heterocycles. The molecule has 0 atom stereocenters. The van der Waals surface area contributed by atoms with Crippen molar-refractivity contribution in [3.63, 3.8) is 0 Å². The van der Waals surface area contributed by atoms with E-state index in [-0.39, 0.29) is 5.95 Å². The van der Waals surface area contributed by atoms with Gasteiger partial charge in [-0.2, -0.15) is 0 Å². The number of hydrogen-bond donors (Lipinski definition) is 0. The van der Waals surface area contributed by atoms with Crippen molar-refractivity contribution < 1.29 is 9.53 Å². The first-order valence-corrected chi connectivity index (χ1v) is 3.78. The van der Waals surface area contributed by atoms with Crippen molar-refractivity contribution in [3.8, 4) is 0 Å². The second-order valence-electron chi connectivity index (χ2n) is 2.20. The maximum absolute atomic E-state index is 11.1. The molecule has 0 spiro atoms.